The number of hydrogen-bond donors (Lipinski definition) is 2. The second-order valence-corrected chi connectivity index (χ2v) is 4.36. The predicted molar refractivity (Wildman–Crippen MR) is 80.5 cm³/mol. The lowest BCUT2D eigenvalue weighted by atomic mass is 10.2. The van der Waals surface area contributed by atoms with Crippen LogP contribution in [0.3, 0.4) is 0 Å². The number of hydrogen-bond acceptors (Lipinski definition) is 4. The molecule has 0 aliphatic rings. The van der Waals surface area contributed by atoms with E-state index in [4.69, 9.17) is 16.2 Å². The molecule has 0 aliphatic heterocycles. The molecule has 20 heavy (non-hydrogen) atoms. The molecule has 0 fully saturated rings. The zero-order valence-corrected chi connectivity index (χ0v) is 11.0. The standard InChI is InChI=1S/C16H16N2O2/c17-14-8-13(9-15(18)10-14)11-20-16(19)7-6-12-4-2-1-3-5-12/h1-10H,11,17-18H2/b7-6+. The summed E-state index contributed by atoms with van der Waals surface area (Å²) in [4.78, 5) is 11.6. The highest BCUT2D eigenvalue weighted by atomic mass is 16.5. The maximum absolute atomic E-state index is 11.6. The maximum atomic E-state index is 11.6. The van der Waals surface area contributed by atoms with Gasteiger partial charge in [-0.1, -0.05) is 30.3 Å². The Morgan fingerprint density at radius 1 is 1.05 bits per heavy atom. The van der Waals surface area contributed by atoms with E-state index in [1.807, 2.05) is 30.3 Å². The molecule has 2 rings (SSSR count). The zero-order valence-electron chi connectivity index (χ0n) is 11.0. The lowest BCUT2D eigenvalue weighted by molar-refractivity contribution is -0.138. The molecule has 0 unspecified atom stereocenters. The van der Waals surface area contributed by atoms with E-state index in [2.05, 4.69) is 0 Å². The number of rotatable bonds is 4. The van der Waals surface area contributed by atoms with Gasteiger partial charge >= 0.3 is 5.97 Å². The average molecular weight is 268 g/mol. The normalized spacial score (nSPS) is 10.6. The molecule has 4 heteroatoms. The molecule has 0 aromatic heterocycles. The fraction of sp³-hybridized carbons (Fsp3) is 0.0625. The van der Waals surface area contributed by atoms with E-state index in [9.17, 15) is 4.79 Å². The molecule has 0 saturated carbocycles. The Labute approximate surface area is 117 Å². The van der Waals surface area contributed by atoms with Crippen molar-refractivity contribution < 1.29 is 9.53 Å². The van der Waals surface area contributed by atoms with Crippen molar-refractivity contribution in [2.24, 2.45) is 0 Å². The number of anilines is 2. The first-order valence-electron chi connectivity index (χ1n) is 6.18. The first kappa shape index (κ1) is 13.7. The molecule has 0 saturated heterocycles. The number of carbonyl (C=O) groups excluding carboxylic acids is 1. The second-order valence-electron chi connectivity index (χ2n) is 4.36. The van der Waals surface area contributed by atoms with Crippen LogP contribution in [0.2, 0.25) is 0 Å². The molecular formula is C16H16N2O2. The van der Waals surface area contributed by atoms with Gasteiger partial charge in [0, 0.05) is 17.5 Å². The first-order chi connectivity index (χ1) is 9.63. The summed E-state index contributed by atoms with van der Waals surface area (Å²) in [5.74, 6) is -0.408. The quantitative estimate of drug-likeness (QED) is 0.507. The molecule has 0 bridgehead atoms. The Kier molecular flexibility index (Phi) is 4.39. The average Bonchev–Trinajstić information content (AvgIpc) is 2.43. The minimum atomic E-state index is -0.408. The van der Waals surface area contributed by atoms with Crippen molar-refractivity contribution >= 4 is 23.4 Å². The SMILES string of the molecule is Nc1cc(N)cc(COC(=O)/C=C/c2ccccc2)c1. The summed E-state index contributed by atoms with van der Waals surface area (Å²) in [6.07, 6.45) is 3.10. The highest BCUT2D eigenvalue weighted by Crippen LogP contribution is 2.14. The third-order valence-electron chi connectivity index (χ3n) is 2.63. The Morgan fingerprint density at radius 2 is 1.70 bits per heavy atom. The van der Waals surface area contributed by atoms with E-state index in [-0.39, 0.29) is 6.61 Å². The van der Waals surface area contributed by atoms with E-state index in [0.29, 0.717) is 11.4 Å². The fourth-order valence-corrected chi connectivity index (χ4v) is 1.76. The summed E-state index contributed by atoms with van der Waals surface area (Å²) in [7, 11) is 0. The van der Waals surface area contributed by atoms with Crippen LogP contribution in [0.4, 0.5) is 11.4 Å². The molecular weight excluding hydrogens is 252 g/mol. The number of benzene rings is 2. The molecule has 0 heterocycles. The largest absolute Gasteiger partial charge is 0.458 e. The molecule has 0 amide bonds. The van der Waals surface area contributed by atoms with Crippen LogP contribution >= 0.6 is 0 Å². The molecule has 102 valence electrons. The zero-order chi connectivity index (χ0) is 14.4. The monoisotopic (exact) mass is 268 g/mol. The molecule has 2 aromatic carbocycles. The van der Waals surface area contributed by atoms with Crippen LogP contribution in [-0.4, -0.2) is 5.97 Å². The van der Waals surface area contributed by atoms with Crippen LogP contribution in [0.25, 0.3) is 6.08 Å². The van der Waals surface area contributed by atoms with Gasteiger partial charge in [0.2, 0.25) is 0 Å². The van der Waals surface area contributed by atoms with Crippen LogP contribution in [0.1, 0.15) is 11.1 Å². The lowest BCUT2D eigenvalue weighted by Crippen LogP contribution is -2.02. The topological polar surface area (TPSA) is 78.3 Å². The van der Waals surface area contributed by atoms with Gasteiger partial charge in [-0.2, -0.15) is 0 Å². The van der Waals surface area contributed by atoms with Crippen molar-refractivity contribution in [3.8, 4) is 0 Å². The summed E-state index contributed by atoms with van der Waals surface area (Å²) in [5, 5.41) is 0. The Bertz CT molecular complexity index is 601. The second kappa shape index (κ2) is 6.43. The van der Waals surface area contributed by atoms with Gasteiger partial charge < -0.3 is 16.2 Å². The van der Waals surface area contributed by atoms with Crippen molar-refractivity contribution in [3.05, 3.63) is 65.7 Å². The van der Waals surface area contributed by atoms with Crippen LogP contribution < -0.4 is 11.5 Å². The summed E-state index contributed by atoms with van der Waals surface area (Å²) in [5.41, 5.74) is 14.1. The molecule has 2 aromatic rings. The highest BCUT2D eigenvalue weighted by molar-refractivity contribution is 5.87. The summed E-state index contributed by atoms with van der Waals surface area (Å²) in [6.45, 7) is 0.146. The summed E-state index contributed by atoms with van der Waals surface area (Å²) >= 11 is 0. The van der Waals surface area contributed by atoms with E-state index in [1.165, 1.54) is 6.08 Å². The van der Waals surface area contributed by atoms with Gasteiger partial charge in [0.25, 0.3) is 0 Å². The van der Waals surface area contributed by atoms with Crippen molar-refractivity contribution in [2.45, 2.75) is 6.61 Å². The van der Waals surface area contributed by atoms with Crippen molar-refractivity contribution in [1.29, 1.82) is 0 Å². The molecule has 0 aliphatic carbocycles. The van der Waals surface area contributed by atoms with E-state index >= 15 is 0 Å². The predicted octanol–water partition coefficient (Wildman–Crippen LogP) is 2.61. The van der Waals surface area contributed by atoms with Crippen LogP contribution in [0.5, 0.6) is 0 Å². The third-order valence-corrected chi connectivity index (χ3v) is 2.63. The number of esters is 1. The van der Waals surface area contributed by atoms with E-state index in [0.717, 1.165) is 11.1 Å². The minimum Gasteiger partial charge on any atom is -0.458 e. The Morgan fingerprint density at radius 3 is 2.35 bits per heavy atom. The third kappa shape index (κ3) is 4.17. The van der Waals surface area contributed by atoms with Gasteiger partial charge in [-0.3, -0.25) is 0 Å². The molecule has 0 radical (unpaired) electrons. The van der Waals surface area contributed by atoms with Crippen LogP contribution in [0.15, 0.2) is 54.6 Å². The van der Waals surface area contributed by atoms with E-state index in [1.54, 1.807) is 24.3 Å². The van der Waals surface area contributed by atoms with Gasteiger partial charge in [0.1, 0.15) is 6.61 Å². The Balaban J connectivity index is 1.91. The molecule has 4 nitrogen and oxygen atoms in total. The Hall–Kier alpha value is -2.75. The molecule has 0 spiro atoms. The summed E-state index contributed by atoms with van der Waals surface area (Å²) < 4.78 is 5.12. The number of ether oxygens (including phenoxy) is 1. The van der Waals surface area contributed by atoms with E-state index < -0.39 is 5.97 Å². The minimum absolute atomic E-state index is 0.146. The molecule has 4 N–H and O–H groups in total. The van der Waals surface area contributed by atoms with Crippen molar-refractivity contribution in [1.82, 2.24) is 0 Å². The first-order valence-corrected chi connectivity index (χ1v) is 6.18. The smallest absolute Gasteiger partial charge is 0.331 e. The molecule has 0 atom stereocenters. The summed E-state index contributed by atoms with van der Waals surface area (Å²) in [6, 6.07) is 14.6. The number of carbonyl (C=O) groups is 1. The highest BCUT2D eigenvalue weighted by Gasteiger charge is 2.01. The fourth-order valence-electron chi connectivity index (χ4n) is 1.76. The van der Waals surface area contributed by atoms with Crippen molar-refractivity contribution in [2.75, 3.05) is 11.5 Å². The van der Waals surface area contributed by atoms with Gasteiger partial charge in [-0.25, -0.2) is 4.79 Å². The van der Waals surface area contributed by atoms with Gasteiger partial charge in [0.05, 0.1) is 0 Å². The lowest BCUT2D eigenvalue weighted by Gasteiger charge is -2.05. The maximum Gasteiger partial charge on any atom is 0.331 e. The number of nitrogen functional groups attached to an aromatic ring is 2. The van der Waals surface area contributed by atoms with Gasteiger partial charge in [-0.05, 0) is 35.4 Å². The van der Waals surface area contributed by atoms with Crippen molar-refractivity contribution in [3.63, 3.8) is 0 Å². The number of nitrogens with two attached hydrogens (primary N) is 2. The van der Waals surface area contributed by atoms with Gasteiger partial charge in [0.15, 0.2) is 0 Å². The van der Waals surface area contributed by atoms with Crippen LogP contribution in [-0.2, 0) is 16.1 Å². The van der Waals surface area contributed by atoms with Gasteiger partial charge in [-0.15, -0.1) is 0 Å². The van der Waals surface area contributed by atoms with Crippen LogP contribution in [0, 0.1) is 0 Å².